The second-order valence-electron chi connectivity index (χ2n) is 8.13. The SMILES string of the molecule is CCOc1cc(/C=C2\SC(=S)N(C[C@@H]3CCCO3)C2=O)ccc1OCC(=O)Nc1ccc(OC)cc1. The number of rotatable bonds is 10. The lowest BCUT2D eigenvalue weighted by molar-refractivity contribution is -0.123. The van der Waals surface area contributed by atoms with E-state index >= 15 is 0 Å². The normalized spacial score (nSPS) is 18.6. The number of carbonyl (C=O) groups is 2. The molecule has 1 N–H and O–H groups in total. The first kappa shape index (κ1) is 26.0. The Morgan fingerprint density at radius 3 is 2.72 bits per heavy atom. The number of carbonyl (C=O) groups excluding carboxylic acids is 2. The number of nitrogens with zero attached hydrogens (tertiary/aromatic N) is 1. The highest BCUT2D eigenvalue weighted by Crippen LogP contribution is 2.35. The number of benzene rings is 2. The molecular formula is C26H28N2O6S2. The summed E-state index contributed by atoms with van der Waals surface area (Å²) in [5.74, 6) is 1.20. The summed E-state index contributed by atoms with van der Waals surface area (Å²) in [6.45, 7) is 3.31. The third-order valence-electron chi connectivity index (χ3n) is 5.58. The van der Waals surface area contributed by atoms with Gasteiger partial charge in [-0.25, -0.2) is 0 Å². The van der Waals surface area contributed by atoms with Crippen LogP contribution in [-0.4, -0.2) is 60.6 Å². The Balaban J connectivity index is 1.40. The molecule has 4 rings (SSSR count). The second-order valence-corrected chi connectivity index (χ2v) is 9.81. The molecule has 0 spiro atoms. The highest BCUT2D eigenvalue weighted by atomic mass is 32.2. The molecule has 190 valence electrons. The molecule has 0 aromatic heterocycles. The molecule has 2 fully saturated rings. The third kappa shape index (κ3) is 6.57. The Morgan fingerprint density at radius 1 is 1.22 bits per heavy atom. The van der Waals surface area contributed by atoms with Crippen molar-refractivity contribution in [1.82, 2.24) is 4.90 Å². The van der Waals surface area contributed by atoms with Crippen molar-refractivity contribution < 1.29 is 28.5 Å². The summed E-state index contributed by atoms with van der Waals surface area (Å²) in [4.78, 5) is 27.4. The minimum absolute atomic E-state index is 0.0368. The number of hydrogen-bond donors (Lipinski definition) is 1. The van der Waals surface area contributed by atoms with Crippen LogP contribution in [0.5, 0.6) is 17.2 Å². The van der Waals surface area contributed by atoms with Crippen molar-refractivity contribution >= 4 is 51.9 Å². The number of amides is 2. The van der Waals surface area contributed by atoms with E-state index in [2.05, 4.69) is 5.32 Å². The van der Waals surface area contributed by atoms with Crippen LogP contribution >= 0.6 is 24.0 Å². The van der Waals surface area contributed by atoms with Crippen LogP contribution in [0.25, 0.3) is 6.08 Å². The van der Waals surface area contributed by atoms with Gasteiger partial charge in [-0.05, 0) is 67.8 Å². The van der Waals surface area contributed by atoms with Gasteiger partial charge in [-0.1, -0.05) is 30.0 Å². The quantitative estimate of drug-likeness (QED) is 0.357. The number of thioether (sulfide) groups is 1. The van der Waals surface area contributed by atoms with Gasteiger partial charge in [0.15, 0.2) is 18.1 Å². The van der Waals surface area contributed by atoms with E-state index in [0.717, 1.165) is 25.0 Å². The molecule has 2 aromatic rings. The molecule has 2 amide bonds. The van der Waals surface area contributed by atoms with Gasteiger partial charge in [0.05, 0.1) is 31.3 Å². The van der Waals surface area contributed by atoms with Crippen molar-refractivity contribution in [3.63, 3.8) is 0 Å². The third-order valence-corrected chi connectivity index (χ3v) is 6.96. The first-order chi connectivity index (χ1) is 17.5. The van der Waals surface area contributed by atoms with E-state index < -0.39 is 0 Å². The van der Waals surface area contributed by atoms with E-state index in [1.807, 2.05) is 13.0 Å². The summed E-state index contributed by atoms with van der Waals surface area (Å²) in [6, 6.07) is 12.3. The molecule has 2 aromatic carbocycles. The topological polar surface area (TPSA) is 86.3 Å². The molecule has 0 aliphatic carbocycles. The fourth-order valence-corrected chi connectivity index (χ4v) is 5.09. The van der Waals surface area contributed by atoms with Gasteiger partial charge in [0.1, 0.15) is 10.1 Å². The van der Waals surface area contributed by atoms with Crippen LogP contribution in [0, 0.1) is 0 Å². The lowest BCUT2D eigenvalue weighted by Gasteiger charge is -2.18. The van der Waals surface area contributed by atoms with Gasteiger partial charge in [-0.2, -0.15) is 0 Å². The molecule has 2 aliphatic heterocycles. The van der Waals surface area contributed by atoms with Gasteiger partial charge < -0.3 is 24.3 Å². The maximum Gasteiger partial charge on any atom is 0.266 e. The first-order valence-electron chi connectivity index (χ1n) is 11.7. The van der Waals surface area contributed by atoms with Crippen molar-refractivity contribution in [3.05, 3.63) is 52.9 Å². The predicted molar refractivity (Wildman–Crippen MR) is 144 cm³/mol. The van der Waals surface area contributed by atoms with Crippen molar-refractivity contribution in [3.8, 4) is 17.2 Å². The molecule has 10 heteroatoms. The van der Waals surface area contributed by atoms with Crippen LogP contribution in [-0.2, 0) is 14.3 Å². The average molecular weight is 529 g/mol. The van der Waals surface area contributed by atoms with Gasteiger partial charge in [0.2, 0.25) is 0 Å². The van der Waals surface area contributed by atoms with Gasteiger partial charge in [-0.3, -0.25) is 14.5 Å². The number of anilines is 1. The Hall–Kier alpha value is -3.08. The van der Waals surface area contributed by atoms with Crippen LogP contribution in [0.15, 0.2) is 47.4 Å². The maximum atomic E-state index is 12.9. The van der Waals surface area contributed by atoms with Gasteiger partial charge >= 0.3 is 0 Å². The van der Waals surface area contributed by atoms with Crippen molar-refractivity contribution in [2.24, 2.45) is 0 Å². The zero-order valence-electron chi connectivity index (χ0n) is 20.2. The molecule has 36 heavy (non-hydrogen) atoms. The van der Waals surface area contributed by atoms with Crippen molar-refractivity contribution in [1.29, 1.82) is 0 Å². The number of ether oxygens (including phenoxy) is 4. The van der Waals surface area contributed by atoms with Crippen LogP contribution in [0.2, 0.25) is 0 Å². The lowest BCUT2D eigenvalue weighted by atomic mass is 10.1. The van der Waals surface area contributed by atoms with E-state index in [1.54, 1.807) is 54.5 Å². The van der Waals surface area contributed by atoms with Gasteiger partial charge in [-0.15, -0.1) is 0 Å². The molecular weight excluding hydrogens is 500 g/mol. The zero-order chi connectivity index (χ0) is 25.5. The molecule has 0 radical (unpaired) electrons. The van der Waals surface area contributed by atoms with Crippen LogP contribution in [0.4, 0.5) is 5.69 Å². The minimum atomic E-state index is -0.304. The summed E-state index contributed by atoms with van der Waals surface area (Å²) in [7, 11) is 1.58. The van der Waals surface area contributed by atoms with E-state index in [0.29, 0.717) is 45.3 Å². The predicted octanol–water partition coefficient (Wildman–Crippen LogP) is 4.49. The fourth-order valence-electron chi connectivity index (χ4n) is 3.82. The molecule has 0 bridgehead atoms. The number of nitrogens with one attached hydrogen (secondary N) is 1. The Bertz CT molecular complexity index is 1150. The standard InChI is InChI=1S/C26H28N2O6S2/c1-3-32-22-13-17(14-23-25(30)28(26(35)36-23)15-20-5-4-12-33-20)6-11-21(22)34-16-24(29)27-18-7-9-19(31-2)10-8-18/h6-11,13-14,20H,3-5,12,15-16H2,1-2H3,(H,27,29)/b23-14-/t20-/m0/s1. The van der Waals surface area contributed by atoms with E-state index in [9.17, 15) is 9.59 Å². The van der Waals surface area contributed by atoms with E-state index in [-0.39, 0.29) is 24.5 Å². The fraction of sp³-hybridized carbons (Fsp3) is 0.346. The molecule has 8 nitrogen and oxygen atoms in total. The molecule has 2 aliphatic rings. The van der Waals surface area contributed by atoms with Crippen molar-refractivity contribution in [2.45, 2.75) is 25.9 Å². The van der Waals surface area contributed by atoms with Crippen molar-refractivity contribution in [2.75, 3.05) is 38.8 Å². The maximum absolute atomic E-state index is 12.9. The average Bonchev–Trinajstić information content (AvgIpc) is 3.48. The van der Waals surface area contributed by atoms with E-state index in [4.69, 9.17) is 31.2 Å². The molecule has 1 atom stereocenters. The smallest absolute Gasteiger partial charge is 0.266 e. The zero-order valence-corrected chi connectivity index (χ0v) is 21.8. The Morgan fingerprint density at radius 2 is 2.03 bits per heavy atom. The number of thiocarbonyl (C=S) groups is 1. The summed E-state index contributed by atoms with van der Waals surface area (Å²) in [5, 5.41) is 2.78. The van der Waals surface area contributed by atoms with Crippen LogP contribution in [0.3, 0.4) is 0 Å². The molecule has 2 heterocycles. The number of hydrogen-bond acceptors (Lipinski definition) is 8. The van der Waals surface area contributed by atoms with Gasteiger partial charge in [0, 0.05) is 12.3 Å². The molecule has 0 unspecified atom stereocenters. The Kier molecular flexibility index (Phi) is 8.84. The summed E-state index contributed by atoms with van der Waals surface area (Å²) in [6.07, 6.45) is 3.77. The summed E-state index contributed by atoms with van der Waals surface area (Å²) in [5.41, 5.74) is 1.41. The Labute approximate surface area is 219 Å². The number of methoxy groups -OCH3 is 1. The summed E-state index contributed by atoms with van der Waals surface area (Å²) >= 11 is 6.72. The lowest BCUT2D eigenvalue weighted by Crippen LogP contribution is -2.35. The molecule has 0 saturated carbocycles. The first-order valence-corrected chi connectivity index (χ1v) is 12.9. The highest BCUT2D eigenvalue weighted by Gasteiger charge is 2.34. The minimum Gasteiger partial charge on any atom is -0.497 e. The second kappa shape index (κ2) is 12.2. The van der Waals surface area contributed by atoms with Crippen LogP contribution in [0.1, 0.15) is 25.3 Å². The highest BCUT2D eigenvalue weighted by molar-refractivity contribution is 8.26. The largest absolute Gasteiger partial charge is 0.497 e. The van der Waals surface area contributed by atoms with Crippen LogP contribution < -0.4 is 19.5 Å². The monoisotopic (exact) mass is 528 g/mol. The van der Waals surface area contributed by atoms with Gasteiger partial charge in [0.25, 0.3) is 11.8 Å². The summed E-state index contributed by atoms with van der Waals surface area (Å²) < 4.78 is 22.8. The van der Waals surface area contributed by atoms with E-state index in [1.165, 1.54) is 11.8 Å². The molecule has 2 saturated heterocycles.